The van der Waals surface area contributed by atoms with Crippen molar-refractivity contribution in [3.05, 3.63) is 97.9 Å². The molecule has 0 saturated carbocycles. The van der Waals surface area contributed by atoms with E-state index >= 15 is 0 Å². The Balaban J connectivity index is 1.67. The van der Waals surface area contributed by atoms with Gasteiger partial charge in [0.1, 0.15) is 17.9 Å². The van der Waals surface area contributed by atoms with Gasteiger partial charge in [0.2, 0.25) is 0 Å². The van der Waals surface area contributed by atoms with Gasteiger partial charge in [-0.15, -0.1) is 0 Å². The van der Waals surface area contributed by atoms with Gasteiger partial charge in [0.25, 0.3) is 11.8 Å². The SMILES string of the molecule is O=C1NC(=O)N(c2cccc(Cl)c2)C(=O)/C1=C/c1cc(Cl)ccc1OCc1ccc(Br)cc1. The molecular weight excluding hydrogens is 531 g/mol. The van der Waals surface area contributed by atoms with Gasteiger partial charge in [-0.05, 0) is 60.2 Å². The smallest absolute Gasteiger partial charge is 0.335 e. The molecule has 0 atom stereocenters. The standard InChI is InChI=1S/C24H15BrCl2N2O4/c25-16-6-4-14(5-7-16)13-33-21-9-8-18(27)10-15(21)11-20-22(30)28-24(32)29(23(20)31)19-3-1-2-17(26)12-19/h1-12H,13H2,(H,28,30,32)/b20-11+. The van der Waals surface area contributed by atoms with Gasteiger partial charge in [-0.2, -0.15) is 0 Å². The van der Waals surface area contributed by atoms with Gasteiger partial charge in [0.05, 0.1) is 5.69 Å². The van der Waals surface area contributed by atoms with Crippen LogP contribution in [0.1, 0.15) is 11.1 Å². The van der Waals surface area contributed by atoms with Crippen LogP contribution < -0.4 is 15.0 Å². The molecule has 0 aromatic heterocycles. The average Bonchev–Trinajstić information content (AvgIpc) is 2.77. The van der Waals surface area contributed by atoms with Gasteiger partial charge < -0.3 is 4.74 Å². The van der Waals surface area contributed by atoms with E-state index in [-0.39, 0.29) is 17.9 Å². The van der Waals surface area contributed by atoms with E-state index in [1.54, 1.807) is 36.4 Å². The molecule has 3 aromatic rings. The lowest BCUT2D eigenvalue weighted by molar-refractivity contribution is -0.122. The first-order valence-corrected chi connectivity index (χ1v) is 11.2. The normalized spacial score (nSPS) is 15.1. The first-order valence-electron chi connectivity index (χ1n) is 9.65. The van der Waals surface area contributed by atoms with Crippen LogP contribution in [0.5, 0.6) is 5.75 Å². The highest BCUT2D eigenvalue weighted by Gasteiger charge is 2.37. The van der Waals surface area contributed by atoms with Crippen molar-refractivity contribution in [2.75, 3.05) is 4.90 Å². The number of carbonyl (C=O) groups is 3. The summed E-state index contributed by atoms with van der Waals surface area (Å²) in [7, 11) is 0. The Hall–Kier alpha value is -3.13. The predicted octanol–water partition coefficient (Wildman–Crippen LogP) is 6.00. The van der Waals surface area contributed by atoms with Crippen molar-refractivity contribution in [1.82, 2.24) is 5.32 Å². The first kappa shape index (κ1) is 23.0. The summed E-state index contributed by atoms with van der Waals surface area (Å²) in [6.45, 7) is 0.262. The van der Waals surface area contributed by atoms with Crippen LogP contribution in [-0.4, -0.2) is 17.8 Å². The molecule has 4 amide bonds. The summed E-state index contributed by atoms with van der Waals surface area (Å²) in [6, 6.07) is 17.8. The van der Waals surface area contributed by atoms with Crippen molar-refractivity contribution in [1.29, 1.82) is 0 Å². The number of nitrogens with zero attached hydrogens (tertiary/aromatic N) is 1. The molecule has 1 N–H and O–H groups in total. The van der Waals surface area contributed by atoms with Gasteiger partial charge in [0.15, 0.2) is 0 Å². The number of hydrogen-bond donors (Lipinski definition) is 1. The van der Waals surface area contributed by atoms with Gasteiger partial charge in [0, 0.05) is 20.1 Å². The van der Waals surface area contributed by atoms with Crippen molar-refractivity contribution in [2.45, 2.75) is 6.61 Å². The minimum atomic E-state index is -0.859. The molecule has 1 aliphatic heterocycles. The third-order valence-corrected chi connectivity index (χ3v) is 5.75. The number of rotatable bonds is 5. The molecule has 3 aromatic carbocycles. The zero-order valence-electron chi connectivity index (χ0n) is 16.8. The van der Waals surface area contributed by atoms with Crippen LogP contribution in [0.25, 0.3) is 6.08 Å². The number of barbiturate groups is 1. The van der Waals surface area contributed by atoms with Crippen molar-refractivity contribution in [3.63, 3.8) is 0 Å². The second-order valence-corrected chi connectivity index (χ2v) is 8.82. The lowest BCUT2D eigenvalue weighted by Gasteiger charge is -2.26. The van der Waals surface area contributed by atoms with E-state index in [2.05, 4.69) is 21.2 Å². The molecule has 1 heterocycles. The maximum absolute atomic E-state index is 13.1. The summed E-state index contributed by atoms with van der Waals surface area (Å²) in [4.78, 5) is 38.9. The Morgan fingerprint density at radius 3 is 2.39 bits per heavy atom. The number of anilines is 1. The van der Waals surface area contributed by atoms with E-state index in [9.17, 15) is 14.4 Å². The fourth-order valence-corrected chi connectivity index (χ4v) is 3.80. The van der Waals surface area contributed by atoms with Gasteiger partial charge in [-0.25, -0.2) is 9.69 Å². The molecule has 1 saturated heterocycles. The van der Waals surface area contributed by atoms with E-state index in [0.29, 0.717) is 21.4 Å². The second kappa shape index (κ2) is 9.79. The summed E-state index contributed by atoms with van der Waals surface area (Å²) in [6.07, 6.45) is 1.35. The topological polar surface area (TPSA) is 75.7 Å². The third kappa shape index (κ3) is 5.27. The Kier molecular flexibility index (Phi) is 6.83. The fraction of sp³-hybridized carbons (Fsp3) is 0.0417. The summed E-state index contributed by atoms with van der Waals surface area (Å²) >= 11 is 15.5. The Labute approximate surface area is 207 Å². The largest absolute Gasteiger partial charge is 0.488 e. The van der Waals surface area contributed by atoms with Crippen LogP contribution in [-0.2, 0) is 16.2 Å². The molecule has 0 unspecified atom stereocenters. The molecule has 0 bridgehead atoms. The zero-order valence-corrected chi connectivity index (χ0v) is 19.9. The quantitative estimate of drug-likeness (QED) is 0.315. The van der Waals surface area contributed by atoms with Crippen molar-refractivity contribution >= 4 is 68.7 Å². The number of carbonyl (C=O) groups excluding carboxylic acids is 3. The molecular formula is C24H15BrCl2N2O4. The maximum Gasteiger partial charge on any atom is 0.335 e. The minimum Gasteiger partial charge on any atom is -0.488 e. The van der Waals surface area contributed by atoms with Crippen LogP contribution in [0.15, 0.2) is 76.8 Å². The first-order chi connectivity index (χ1) is 15.8. The number of imide groups is 2. The molecule has 0 aliphatic carbocycles. The van der Waals surface area contributed by atoms with Crippen molar-refractivity contribution in [2.24, 2.45) is 0 Å². The van der Waals surface area contributed by atoms with Crippen LogP contribution in [0, 0.1) is 0 Å². The Bertz CT molecular complexity index is 1290. The highest BCUT2D eigenvalue weighted by molar-refractivity contribution is 9.10. The van der Waals surface area contributed by atoms with Gasteiger partial charge >= 0.3 is 6.03 Å². The van der Waals surface area contributed by atoms with E-state index < -0.39 is 17.8 Å². The molecule has 166 valence electrons. The number of ether oxygens (including phenoxy) is 1. The molecule has 1 aliphatic rings. The van der Waals surface area contributed by atoms with Crippen LogP contribution in [0.3, 0.4) is 0 Å². The highest BCUT2D eigenvalue weighted by atomic mass is 79.9. The number of urea groups is 1. The number of halogens is 3. The second-order valence-electron chi connectivity index (χ2n) is 7.04. The molecule has 4 rings (SSSR count). The molecule has 1 fully saturated rings. The van der Waals surface area contributed by atoms with E-state index in [0.717, 1.165) is 14.9 Å². The van der Waals surface area contributed by atoms with Crippen LogP contribution in [0.2, 0.25) is 10.0 Å². The lowest BCUT2D eigenvalue weighted by Crippen LogP contribution is -2.54. The Morgan fingerprint density at radius 2 is 1.67 bits per heavy atom. The third-order valence-electron chi connectivity index (χ3n) is 4.75. The number of amides is 4. The lowest BCUT2D eigenvalue weighted by atomic mass is 10.1. The predicted molar refractivity (Wildman–Crippen MR) is 130 cm³/mol. The van der Waals surface area contributed by atoms with E-state index in [1.807, 2.05) is 24.3 Å². The van der Waals surface area contributed by atoms with Crippen molar-refractivity contribution < 1.29 is 19.1 Å². The monoisotopic (exact) mass is 544 g/mol. The summed E-state index contributed by atoms with van der Waals surface area (Å²) in [5.41, 5.74) is 1.33. The number of nitrogens with one attached hydrogen (secondary N) is 1. The van der Waals surface area contributed by atoms with E-state index in [4.69, 9.17) is 27.9 Å². The highest BCUT2D eigenvalue weighted by Crippen LogP contribution is 2.29. The molecule has 33 heavy (non-hydrogen) atoms. The zero-order chi connectivity index (χ0) is 23.5. The fourth-order valence-electron chi connectivity index (χ4n) is 3.17. The van der Waals surface area contributed by atoms with Crippen LogP contribution in [0.4, 0.5) is 10.5 Å². The minimum absolute atomic E-state index is 0.237. The summed E-state index contributed by atoms with van der Waals surface area (Å²) in [5.74, 6) is -1.19. The Morgan fingerprint density at radius 1 is 0.939 bits per heavy atom. The van der Waals surface area contributed by atoms with Gasteiger partial charge in [-0.1, -0.05) is 57.3 Å². The molecule has 0 radical (unpaired) electrons. The van der Waals surface area contributed by atoms with E-state index in [1.165, 1.54) is 12.1 Å². The maximum atomic E-state index is 13.1. The molecule has 0 spiro atoms. The summed E-state index contributed by atoms with van der Waals surface area (Å²) < 4.78 is 6.87. The number of hydrogen-bond acceptors (Lipinski definition) is 4. The van der Waals surface area contributed by atoms with Gasteiger partial charge in [-0.3, -0.25) is 14.9 Å². The molecule has 9 heteroatoms. The molecule has 6 nitrogen and oxygen atoms in total. The van der Waals surface area contributed by atoms with Crippen LogP contribution >= 0.6 is 39.1 Å². The van der Waals surface area contributed by atoms with Crippen molar-refractivity contribution in [3.8, 4) is 5.75 Å². The number of benzene rings is 3. The average molecular weight is 546 g/mol. The summed E-state index contributed by atoms with van der Waals surface area (Å²) in [5, 5.41) is 2.92.